The van der Waals surface area contributed by atoms with Gasteiger partial charge in [-0.15, -0.1) is 10.2 Å². The lowest BCUT2D eigenvalue weighted by molar-refractivity contribution is -0.143. The molecular weight excluding hydrogens is 524 g/mol. The number of nitrogens with one attached hydrogen (secondary N) is 2. The van der Waals surface area contributed by atoms with E-state index in [2.05, 4.69) is 26.0 Å². The lowest BCUT2D eigenvalue weighted by Gasteiger charge is -2.16. The van der Waals surface area contributed by atoms with Crippen LogP contribution in [0.2, 0.25) is 0 Å². The molecule has 2 amide bonds. The number of aromatic nitrogens is 4. The SMILES string of the molecule is CC(C)(C)C(=O)Oc1ccc(-c2nnn(Cc3ccc(C(=O)NCCNC(=O)OCc4ccccc4)cc3)n2)cc1. The second-order valence-electron chi connectivity index (χ2n) is 10.2. The van der Waals surface area contributed by atoms with E-state index in [-0.39, 0.29) is 31.6 Å². The molecule has 0 saturated heterocycles. The number of carbonyl (C=O) groups is 3. The quantitative estimate of drug-likeness (QED) is 0.170. The van der Waals surface area contributed by atoms with Gasteiger partial charge in [0.15, 0.2) is 0 Å². The molecule has 11 heteroatoms. The van der Waals surface area contributed by atoms with Crippen molar-refractivity contribution in [3.8, 4) is 17.1 Å². The first-order valence-corrected chi connectivity index (χ1v) is 13.1. The predicted octanol–water partition coefficient (Wildman–Crippen LogP) is 4.00. The predicted molar refractivity (Wildman–Crippen MR) is 151 cm³/mol. The first-order valence-electron chi connectivity index (χ1n) is 13.1. The van der Waals surface area contributed by atoms with Crippen molar-refractivity contribution in [1.82, 2.24) is 30.8 Å². The van der Waals surface area contributed by atoms with Gasteiger partial charge in [-0.25, -0.2) is 4.79 Å². The van der Waals surface area contributed by atoms with Crippen molar-refractivity contribution in [2.45, 2.75) is 33.9 Å². The van der Waals surface area contributed by atoms with Gasteiger partial charge in [0.25, 0.3) is 5.91 Å². The van der Waals surface area contributed by atoms with Crippen molar-refractivity contribution in [1.29, 1.82) is 0 Å². The van der Waals surface area contributed by atoms with Crippen LogP contribution in [-0.4, -0.2) is 51.3 Å². The van der Waals surface area contributed by atoms with Crippen molar-refractivity contribution in [2.24, 2.45) is 5.41 Å². The Labute approximate surface area is 237 Å². The Bertz CT molecular complexity index is 1460. The maximum Gasteiger partial charge on any atom is 0.407 e. The number of nitrogens with zero attached hydrogens (tertiary/aromatic N) is 4. The van der Waals surface area contributed by atoms with E-state index in [1.54, 1.807) is 57.2 Å². The summed E-state index contributed by atoms with van der Waals surface area (Å²) < 4.78 is 10.5. The van der Waals surface area contributed by atoms with E-state index in [4.69, 9.17) is 9.47 Å². The van der Waals surface area contributed by atoms with E-state index in [9.17, 15) is 14.4 Å². The Hall–Kier alpha value is -5.06. The molecule has 0 aliphatic rings. The third-order valence-corrected chi connectivity index (χ3v) is 5.82. The van der Waals surface area contributed by atoms with Crippen molar-refractivity contribution in [3.63, 3.8) is 0 Å². The molecule has 3 aromatic carbocycles. The molecule has 1 heterocycles. The van der Waals surface area contributed by atoms with Gasteiger partial charge in [-0.1, -0.05) is 42.5 Å². The number of alkyl carbamates (subject to hydrolysis) is 1. The van der Waals surface area contributed by atoms with Gasteiger partial charge in [0.2, 0.25) is 5.82 Å². The molecule has 0 radical (unpaired) electrons. The van der Waals surface area contributed by atoms with Crippen LogP contribution in [0.3, 0.4) is 0 Å². The zero-order chi connectivity index (χ0) is 29.2. The van der Waals surface area contributed by atoms with Gasteiger partial charge in [0, 0.05) is 24.2 Å². The highest BCUT2D eigenvalue weighted by molar-refractivity contribution is 5.94. The van der Waals surface area contributed by atoms with Crippen LogP contribution in [0.1, 0.15) is 42.3 Å². The monoisotopic (exact) mass is 556 g/mol. The summed E-state index contributed by atoms with van der Waals surface area (Å²) in [4.78, 5) is 37.8. The molecule has 0 aliphatic carbocycles. The number of tetrazole rings is 1. The number of ether oxygens (including phenoxy) is 2. The summed E-state index contributed by atoms with van der Waals surface area (Å²) in [6.45, 7) is 6.43. The molecule has 212 valence electrons. The standard InChI is InChI=1S/C30H32N6O5/c1-30(2,3)28(38)41-25-15-13-23(14-16-25)26-33-35-36(34-26)19-21-9-11-24(12-10-21)27(37)31-17-18-32-29(39)40-20-22-7-5-4-6-8-22/h4-16H,17-20H2,1-3H3,(H,31,37)(H,32,39). The highest BCUT2D eigenvalue weighted by Crippen LogP contribution is 2.22. The fraction of sp³-hybridized carbons (Fsp3) is 0.267. The van der Waals surface area contributed by atoms with E-state index >= 15 is 0 Å². The van der Waals surface area contributed by atoms with Gasteiger partial charge < -0.3 is 20.1 Å². The third kappa shape index (κ3) is 8.72. The molecule has 1 aromatic heterocycles. The summed E-state index contributed by atoms with van der Waals surface area (Å²) in [5, 5.41) is 18.0. The van der Waals surface area contributed by atoms with Crippen molar-refractivity contribution in [3.05, 3.63) is 95.6 Å². The molecule has 0 bridgehead atoms. The normalized spacial score (nSPS) is 11.0. The smallest absolute Gasteiger partial charge is 0.407 e. The number of hydrogen-bond acceptors (Lipinski definition) is 8. The topological polar surface area (TPSA) is 137 Å². The second-order valence-corrected chi connectivity index (χ2v) is 10.2. The number of hydrogen-bond donors (Lipinski definition) is 2. The van der Waals surface area contributed by atoms with Crippen LogP contribution in [0.25, 0.3) is 11.4 Å². The minimum atomic E-state index is -0.595. The molecular formula is C30H32N6O5. The molecule has 0 spiro atoms. The Kier molecular flexibility index (Phi) is 9.41. The molecule has 0 unspecified atom stereocenters. The van der Waals surface area contributed by atoms with Crippen LogP contribution in [0, 0.1) is 5.41 Å². The van der Waals surface area contributed by atoms with Gasteiger partial charge in [-0.05, 0) is 73.5 Å². The third-order valence-electron chi connectivity index (χ3n) is 5.82. The summed E-state index contributed by atoms with van der Waals surface area (Å²) in [5.74, 6) is 0.315. The number of amides is 2. The molecule has 0 aliphatic heterocycles. The first kappa shape index (κ1) is 28.9. The maximum absolute atomic E-state index is 12.4. The fourth-order valence-electron chi connectivity index (χ4n) is 3.50. The molecule has 0 fully saturated rings. The Morgan fingerprint density at radius 1 is 0.829 bits per heavy atom. The highest BCUT2D eigenvalue weighted by atomic mass is 16.5. The minimum absolute atomic E-state index is 0.181. The molecule has 4 rings (SSSR count). The molecule has 2 N–H and O–H groups in total. The van der Waals surface area contributed by atoms with E-state index in [1.165, 1.54) is 4.80 Å². The van der Waals surface area contributed by atoms with Crippen LogP contribution in [0.15, 0.2) is 78.9 Å². The van der Waals surface area contributed by atoms with Gasteiger partial charge >= 0.3 is 12.1 Å². The lowest BCUT2D eigenvalue weighted by atomic mass is 9.97. The minimum Gasteiger partial charge on any atom is -0.445 e. The molecule has 4 aromatic rings. The first-order chi connectivity index (χ1) is 19.7. The van der Waals surface area contributed by atoms with Crippen LogP contribution in [0.4, 0.5) is 4.79 Å². The Morgan fingerprint density at radius 2 is 1.51 bits per heavy atom. The highest BCUT2D eigenvalue weighted by Gasteiger charge is 2.23. The van der Waals surface area contributed by atoms with Crippen molar-refractivity contribution in [2.75, 3.05) is 13.1 Å². The van der Waals surface area contributed by atoms with Crippen LogP contribution in [-0.2, 0) is 22.7 Å². The van der Waals surface area contributed by atoms with Gasteiger partial charge in [-0.2, -0.15) is 4.80 Å². The summed E-state index contributed by atoms with van der Waals surface area (Å²) in [6.07, 6.45) is -0.545. The van der Waals surface area contributed by atoms with Gasteiger partial charge in [0.05, 0.1) is 12.0 Å². The molecule has 41 heavy (non-hydrogen) atoms. The average molecular weight is 557 g/mol. The summed E-state index contributed by atoms with van der Waals surface area (Å²) in [7, 11) is 0. The van der Waals surface area contributed by atoms with Crippen molar-refractivity contribution < 1.29 is 23.9 Å². The fourth-order valence-corrected chi connectivity index (χ4v) is 3.50. The summed E-state index contributed by atoms with van der Waals surface area (Å²) in [5.41, 5.74) is 2.41. The van der Waals surface area contributed by atoms with Crippen LogP contribution < -0.4 is 15.4 Å². The van der Waals surface area contributed by atoms with E-state index in [0.717, 1.165) is 16.7 Å². The maximum atomic E-state index is 12.4. The van der Waals surface area contributed by atoms with E-state index in [1.807, 2.05) is 42.5 Å². The second kappa shape index (κ2) is 13.3. The lowest BCUT2D eigenvalue weighted by Crippen LogP contribution is -2.34. The van der Waals surface area contributed by atoms with Crippen LogP contribution >= 0.6 is 0 Å². The number of carbonyl (C=O) groups excluding carboxylic acids is 3. The van der Waals surface area contributed by atoms with Gasteiger partial charge in [0.1, 0.15) is 12.4 Å². The molecule has 0 atom stereocenters. The number of rotatable bonds is 10. The van der Waals surface area contributed by atoms with Gasteiger partial charge in [-0.3, -0.25) is 9.59 Å². The number of benzene rings is 3. The average Bonchev–Trinajstić information content (AvgIpc) is 3.43. The molecule has 11 nitrogen and oxygen atoms in total. The Balaban J connectivity index is 1.20. The number of esters is 1. The Morgan fingerprint density at radius 3 is 2.20 bits per heavy atom. The summed E-state index contributed by atoms with van der Waals surface area (Å²) in [6, 6.07) is 23.3. The van der Waals surface area contributed by atoms with Crippen molar-refractivity contribution >= 4 is 18.0 Å². The van der Waals surface area contributed by atoms with E-state index < -0.39 is 11.5 Å². The molecule has 0 saturated carbocycles. The largest absolute Gasteiger partial charge is 0.445 e. The zero-order valence-corrected chi connectivity index (χ0v) is 23.2. The summed E-state index contributed by atoms with van der Waals surface area (Å²) >= 11 is 0. The zero-order valence-electron chi connectivity index (χ0n) is 23.2. The van der Waals surface area contributed by atoms with E-state index in [0.29, 0.717) is 23.7 Å². The van der Waals surface area contributed by atoms with Crippen LogP contribution in [0.5, 0.6) is 5.75 Å².